The molecule has 0 radical (unpaired) electrons. The van der Waals surface area contributed by atoms with Crippen molar-refractivity contribution in [2.75, 3.05) is 0 Å². The van der Waals surface area contributed by atoms with Crippen LogP contribution in [0.3, 0.4) is 0 Å². The fraction of sp³-hybridized carbons (Fsp3) is 0.273. The third-order valence-corrected chi connectivity index (χ3v) is 2.33. The lowest BCUT2D eigenvalue weighted by Crippen LogP contribution is -2.24. The van der Waals surface area contributed by atoms with Crippen LogP contribution in [0.1, 0.15) is 12.6 Å². The summed E-state index contributed by atoms with van der Waals surface area (Å²) in [6.07, 6.45) is 0.797. The number of aromatic nitrogens is 1. The number of halogens is 1. The average molecular weight is 227 g/mol. The van der Waals surface area contributed by atoms with Gasteiger partial charge in [0.25, 0.3) is 0 Å². The van der Waals surface area contributed by atoms with Gasteiger partial charge in [-0.25, -0.2) is 5.48 Å². The number of hydroxylamine groups is 1. The molecule has 0 amide bonds. The van der Waals surface area contributed by atoms with Gasteiger partial charge in [0.05, 0.1) is 0 Å². The summed E-state index contributed by atoms with van der Waals surface area (Å²) in [6.45, 7) is 1.94. The molecule has 3 N–H and O–H groups in total. The Bertz CT molecular complexity index is 394. The zero-order valence-electron chi connectivity index (χ0n) is 8.53. The molecule has 1 heterocycles. The summed E-state index contributed by atoms with van der Waals surface area (Å²) in [6, 6.07) is 10.3. The standard InChI is InChI=1S/C11H14N2O.ClH/c1-8(13-14)6-10-7-9-4-2-3-5-11(9)12-10;/h2-5,7-8,12-14H,6H2,1H3;1H. The minimum Gasteiger partial charge on any atom is -0.358 e. The fourth-order valence-electron chi connectivity index (χ4n) is 1.62. The van der Waals surface area contributed by atoms with Crippen LogP contribution >= 0.6 is 12.4 Å². The van der Waals surface area contributed by atoms with E-state index in [0.29, 0.717) is 0 Å². The molecule has 1 aromatic heterocycles. The predicted molar refractivity (Wildman–Crippen MR) is 63.6 cm³/mol. The highest BCUT2D eigenvalue weighted by molar-refractivity contribution is 5.85. The molecule has 2 rings (SSSR count). The molecule has 2 aromatic rings. The Morgan fingerprint density at radius 1 is 1.40 bits per heavy atom. The lowest BCUT2D eigenvalue weighted by Gasteiger charge is -2.05. The molecule has 0 saturated heterocycles. The van der Waals surface area contributed by atoms with Gasteiger partial charge < -0.3 is 10.2 Å². The Kier molecular flexibility index (Phi) is 4.15. The second kappa shape index (κ2) is 5.16. The molecule has 3 nitrogen and oxygen atoms in total. The SMILES string of the molecule is CC(Cc1cc2ccccc2[nH]1)NO.Cl. The van der Waals surface area contributed by atoms with Gasteiger partial charge >= 0.3 is 0 Å². The largest absolute Gasteiger partial charge is 0.358 e. The fourth-order valence-corrected chi connectivity index (χ4v) is 1.62. The van der Waals surface area contributed by atoms with E-state index in [9.17, 15) is 0 Å². The van der Waals surface area contributed by atoms with E-state index in [-0.39, 0.29) is 18.4 Å². The first-order valence-electron chi connectivity index (χ1n) is 4.76. The van der Waals surface area contributed by atoms with Gasteiger partial charge in [0.15, 0.2) is 0 Å². The molecule has 0 aliphatic rings. The van der Waals surface area contributed by atoms with E-state index in [1.165, 1.54) is 5.39 Å². The molecule has 1 aromatic carbocycles. The number of hydrogen-bond acceptors (Lipinski definition) is 2. The van der Waals surface area contributed by atoms with Gasteiger partial charge in [-0.15, -0.1) is 12.4 Å². The van der Waals surface area contributed by atoms with E-state index in [1.807, 2.05) is 19.1 Å². The van der Waals surface area contributed by atoms with Crippen molar-refractivity contribution in [3.8, 4) is 0 Å². The highest BCUT2D eigenvalue weighted by Gasteiger charge is 2.04. The van der Waals surface area contributed by atoms with Crippen molar-refractivity contribution in [1.29, 1.82) is 0 Å². The summed E-state index contributed by atoms with van der Waals surface area (Å²) in [7, 11) is 0. The topological polar surface area (TPSA) is 48.0 Å². The van der Waals surface area contributed by atoms with Gasteiger partial charge in [-0.3, -0.25) is 0 Å². The maximum absolute atomic E-state index is 8.71. The summed E-state index contributed by atoms with van der Waals surface area (Å²) < 4.78 is 0. The third-order valence-electron chi connectivity index (χ3n) is 2.33. The number of H-pyrrole nitrogens is 1. The molecule has 1 atom stereocenters. The first kappa shape index (κ1) is 12.0. The smallest absolute Gasteiger partial charge is 0.0456 e. The molecule has 0 saturated carbocycles. The predicted octanol–water partition coefficient (Wildman–Crippen LogP) is 2.50. The third kappa shape index (κ3) is 2.72. The number of fused-ring (bicyclic) bond motifs is 1. The molecule has 0 aliphatic heterocycles. The second-order valence-electron chi connectivity index (χ2n) is 3.62. The molecule has 82 valence electrons. The van der Waals surface area contributed by atoms with Crippen LogP contribution in [0.25, 0.3) is 10.9 Å². The Labute approximate surface area is 94.9 Å². The van der Waals surface area contributed by atoms with Crippen molar-refractivity contribution in [1.82, 2.24) is 10.5 Å². The van der Waals surface area contributed by atoms with Crippen LogP contribution in [0.2, 0.25) is 0 Å². The normalized spacial score (nSPS) is 12.4. The van der Waals surface area contributed by atoms with E-state index in [1.54, 1.807) is 0 Å². The maximum atomic E-state index is 8.71. The zero-order valence-corrected chi connectivity index (χ0v) is 9.34. The quantitative estimate of drug-likeness (QED) is 0.705. The first-order valence-corrected chi connectivity index (χ1v) is 4.76. The van der Waals surface area contributed by atoms with E-state index in [2.05, 4.69) is 28.7 Å². The lowest BCUT2D eigenvalue weighted by atomic mass is 10.2. The van der Waals surface area contributed by atoms with E-state index in [0.717, 1.165) is 17.6 Å². The molecule has 15 heavy (non-hydrogen) atoms. The van der Waals surface area contributed by atoms with Crippen molar-refractivity contribution in [2.24, 2.45) is 0 Å². The number of aromatic amines is 1. The Morgan fingerprint density at radius 3 is 2.80 bits per heavy atom. The summed E-state index contributed by atoms with van der Waals surface area (Å²) in [5.41, 5.74) is 4.52. The number of hydrogen-bond donors (Lipinski definition) is 3. The van der Waals surface area contributed by atoms with Gasteiger partial charge in [-0.05, 0) is 24.4 Å². The molecule has 0 bridgehead atoms. The Hall–Kier alpha value is -1.03. The van der Waals surface area contributed by atoms with Crippen molar-refractivity contribution < 1.29 is 5.21 Å². The van der Waals surface area contributed by atoms with Crippen molar-refractivity contribution in [3.05, 3.63) is 36.0 Å². The van der Waals surface area contributed by atoms with Crippen LogP contribution in [0, 0.1) is 0 Å². The van der Waals surface area contributed by atoms with Gasteiger partial charge in [0.2, 0.25) is 0 Å². The molecule has 1 unspecified atom stereocenters. The highest BCUT2D eigenvalue weighted by Crippen LogP contribution is 2.15. The summed E-state index contributed by atoms with van der Waals surface area (Å²) in [5.74, 6) is 0. The Balaban J connectivity index is 0.00000112. The number of rotatable bonds is 3. The molecule has 4 heteroatoms. The summed E-state index contributed by atoms with van der Waals surface area (Å²) in [4.78, 5) is 3.31. The lowest BCUT2D eigenvalue weighted by molar-refractivity contribution is 0.132. The molecule has 0 fully saturated rings. The van der Waals surface area contributed by atoms with Crippen molar-refractivity contribution in [2.45, 2.75) is 19.4 Å². The monoisotopic (exact) mass is 226 g/mol. The number of para-hydroxylation sites is 1. The van der Waals surface area contributed by atoms with Crippen LogP contribution in [0.15, 0.2) is 30.3 Å². The van der Waals surface area contributed by atoms with Crippen LogP contribution in [0.5, 0.6) is 0 Å². The van der Waals surface area contributed by atoms with Crippen LogP contribution in [0.4, 0.5) is 0 Å². The minimum atomic E-state index is 0. The first-order chi connectivity index (χ1) is 6.79. The van der Waals surface area contributed by atoms with E-state index < -0.39 is 0 Å². The van der Waals surface area contributed by atoms with Crippen LogP contribution in [-0.4, -0.2) is 16.2 Å². The number of nitrogens with one attached hydrogen (secondary N) is 2. The Morgan fingerprint density at radius 2 is 2.13 bits per heavy atom. The van der Waals surface area contributed by atoms with Crippen LogP contribution < -0.4 is 5.48 Å². The average Bonchev–Trinajstić information content (AvgIpc) is 2.59. The molecular weight excluding hydrogens is 212 g/mol. The minimum absolute atomic E-state index is 0. The highest BCUT2D eigenvalue weighted by atomic mass is 35.5. The zero-order chi connectivity index (χ0) is 9.97. The van der Waals surface area contributed by atoms with Crippen molar-refractivity contribution in [3.63, 3.8) is 0 Å². The van der Waals surface area contributed by atoms with Gasteiger partial charge in [0, 0.05) is 23.7 Å². The van der Waals surface area contributed by atoms with Gasteiger partial charge in [-0.1, -0.05) is 18.2 Å². The summed E-state index contributed by atoms with van der Waals surface area (Å²) in [5, 5.41) is 9.92. The van der Waals surface area contributed by atoms with Crippen LogP contribution in [-0.2, 0) is 6.42 Å². The molecule has 0 spiro atoms. The number of benzene rings is 1. The molecule has 0 aliphatic carbocycles. The van der Waals surface area contributed by atoms with E-state index >= 15 is 0 Å². The summed E-state index contributed by atoms with van der Waals surface area (Å²) >= 11 is 0. The van der Waals surface area contributed by atoms with E-state index in [4.69, 9.17) is 5.21 Å². The molecular formula is C11H15ClN2O. The second-order valence-corrected chi connectivity index (χ2v) is 3.62. The van der Waals surface area contributed by atoms with Gasteiger partial charge in [0.1, 0.15) is 0 Å². The van der Waals surface area contributed by atoms with Crippen molar-refractivity contribution >= 4 is 23.3 Å². The maximum Gasteiger partial charge on any atom is 0.0456 e. The van der Waals surface area contributed by atoms with Gasteiger partial charge in [-0.2, -0.15) is 0 Å².